The molecule has 1 amide bonds. The van der Waals surface area contributed by atoms with Crippen LogP contribution < -0.4 is 10.6 Å². The van der Waals surface area contributed by atoms with Gasteiger partial charge in [-0.05, 0) is 31.2 Å². The first-order valence-corrected chi connectivity index (χ1v) is 5.18. The Labute approximate surface area is 93.2 Å². The first-order valence-electron chi connectivity index (χ1n) is 5.18. The first-order chi connectivity index (χ1) is 7.27. The molecule has 3 heteroatoms. The fourth-order valence-electron chi connectivity index (χ4n) is 1.27. The van der Waals surface area contributed by atoms with E-state index in [-0.39, 0.29) is 14.8 Å². The molecular weight excluding hydrogens is 188 g/mol. The Hall–Kier alpha value is -1.73. The lowest BCUT2D eigenvalue weighted by atomic mass is 10.1. The van der Waals surface area contributed by atoms with Gasteiger partial charge in [-0.15, -0.1) is 5.73 Å². The number of amides is 1. The van der Waals surface area contributed by atoms with Crippen molar-refractivity contribution in [2.24, 2.45) is 0 Å². The summed E-state index contributed by atoms with van der Waals surface area (Å²) >= 11 is 0. The van der Waals surface area contributed by atoms with Crippen molar-refractivity contribution in [3.63, 3.8) is 0 Å². The molecule has 1 aliphatic heterocycles. The molecule has 2 rings (SSSR count). The highest BCUT2D eigenvalue weighted by molar-refractivity contribution is 5.86. The lowest BCUT2D eigenvalue weighted by molar-refractivity contribution is -0.122. The van der Waals surface area contributed by atoms with E-state index in [1.165, 1.54) is 0 Å². The molecule has 1 fully saturated rings. The summed E-state index contributed by atoms with van der Waals surface area (Å²) in [4.78, 5) is 11.3. The summed E-state index contributed by atoms with van der Waals surface area (Å²) in [6, 6.07) is -0.171. The highest BCUT2D eigenvalue weighted by Crippen LogP contribution is 2.12. The highest BCUT2D eigenvalue weighted by atomic mass is 16.2. The number of rotatable bonds is 0. The van der Waals surface area contributed by atoms with Gasteiger partial charge in [0.25, 0.3) is 0 Å². The molecule has 2 aliphatic rings. The maximum atomic E-state index is 11.3. The molecule has 84 valence electrons. The van der Waals surface area contributed by atoms with E-state index in [2.05, 4.69) is 16.4 Å². The molecule has 1 heterocycles. The zero-order valence-electron chi connectivity index (χ0n) is 9.29. The zero-order valence-corrected chi connectivity index (χ0v) is 9.29. The summed E-state index contributed by atoms with van der Waals surface area (Å²) in [6.45, 7) is 5.83. The van der Waals surface area contributed by atoms with E-state index in [0.29, 0.717) is 0 Å². The standard InChI is InChI=1S/C10H10N2O.C2H6.2H2/c1-7-10(13)12-9-6-4-2-3-5-8(9)11-7;1-2;;/h3-7,11H,1H3,(H,12,13);1-2H3;2*1H. The number of fused-ring (bicyclic) bond motifs is 1. The minimum atomic E-state index is -0.171. The van der Waals surface area contributed by atoms with Gasteiger partial charge in [0.2, 0.25) is 5.91 Å². The van der Waals surface area contributed by atoms with Gasteiger partial charge in [-0.25, -0.2) is 0 Å². The van der Waals surface area contributed by atoms with E-state index in [1.807, 2.05) is 39.0 Å². The Morgan fingerprint density at radius 3 is 2.53 bits per heavy atom. The molecule has 1 unspecified atom stereocenters. The third-order valence-electron chi connectivity index (χ3n) is 2.01. The second-order valence-electron chi connectivity index (χ2n) is 3.02. The van der Waals surface area contributed by atoms with Crippen LogP contribution in [0.4, 0.5) is 0 Å². The molecule has 0 bridgehead atoms. The second-order valence-corrected chi connectivity index (χ2v) is 3.02. The fourth-order valence-corrected chi connectivity index (χ4v) is 1.27. The summed E-state index contributed by atoms with van der Waals surface area (Å²) in [5.74, 6) is -0.00120. The lowest BCUT2D eigenvalue weighted by Crippen LogP contribution is -2.48. The molecule has 0 spiro atoms. The maximum absolute atomic E-state index is 11.3. The van der Waals surface area contributed by atoms with Crippen molar-refractivity contribution >= 4 is 5.91 Å². The Bertz CT molecular complexity index is 380. The minimum Gasteiger partial charge on any atom is -0.372 e. The fraction of sp³-hybridized carbons (Fsp3) is 0.333. The van der Waals surface area contributed by atoms with Crippen LogP contribution in [0.25, 0.3) is 0 Å². The van der Waals surface area contributed by atoms with Gasteiger partial charge in [-0.1, -0.05) is 13.8 Å². The smallest absolute Gasteiger partial charge is 0.246 e. The van der Waals surface area contributed by atoms with Crippen LogP contribution in [0.3, 0.4) is 0 Å². The Morgan fingerprint density at radius 2 is 1.87 bits per heavy atom. The van der Waals surface area contributed by atoms with Crippen LogP contribution in [0.15, 0.2) is 41.4 Å². The van der Waals surface area contributed by atoms with Crippen molar-refractivity contribution in [3.8, 4) is 0 Å². The number of nitrogens with one attached hydrogen (secondary N) is 2. The van der Waals surface area contributed by atoms with Gasteiger partial charge >= 0.3 is 0 Å². The van der Waals surface area contributed by atoms with Crippen LogP contribution in [0.2, 0.25) is 0 Å². The molecule has 0 saturated carbocycles. The largest absolute Gasteiger partial charge is 0.372 e. The predicted molar refractivity (Wildman–Crippen MR) is 65.1 cm³/mol. The molecular formula is C12H20N2O. The van der Waals surface area contributed by atoms with E-state index < -0.39 is 0 Å². The van der Waals surface area contributed by atoms with Gasteiger partial charge in [0.1, 0.15) is 6.04 Å². The third kappa shape index (κ3) is 2.61. The normalized spacial score (nSPS) is 22.1. The van der Waals surface area contributed by atoms with Crippen molar-refractivity contribution in [1.29, 1.82) is 0 Å². The summed E-state index contributed by atoms with van der Waals surface area (Å²) in [6.07, 6.45) is 7.31. The Morgan fingerprint density at radius 1 is 1.27 bits per heavy atom. The second kappa shape index (κ2) is 5.23. The van der Waals surface area contributed by atoms with Crippen molar-refractivity contribution < 1.29 is 7.65 Å². The van der Waals surface area contributed by atoms with Gasteiger partial charge in [-0.3, -0.25) is 4.79 Å². The number of hydrogen-bond acceptors (Lipinski definition) is 2. The first kappa shape index (κ1) is 11.3. The monoisotopic (exact) mass is 208 g/mol. The van der Waals surface area contributed by atoms with E-state index in [0.717, 1.165) is 11.4 Å². The van der Waals surface area contributed by atoms with E-state index in [4.69, 9.17) is 0 Å². The average molecular weight is 208 g/mol. The molecule has 0 aromatic carbocycles. The number of piperazine rings is 1. The van der Waals surface area contributed by atoms with E-state index in [1.54, 1.807) is 6.08 Å². The quantitative estimate of drug-likeness (QED) is 0.599. The van der Waals surface area contributed by atoms with Crippen LogP contribution >= 0.6 is 0 Å². The number of hydrogen-bond donors (Lipinski definition) is 2. The van der Waals surface area contributed by atoms with E-state index in [9.17, 15) is 4.79 Å². The van der Waals surface area contributed by atoms with Crippen molar-refractivity contribution in [1.82, 2.24) is 10.6 Å². The molecule has 0 radical (unpaired) electrons. The van der Waals surface area contributed by atoms with Gasteiger partial charge in [0, 0.05) is 2.85 Å². The summed E-state index contributed by atoms with van der Waals surface area (Å²) in [7, 11) is 0. The van der Waals surface area contributed by atoms with Gasteiger partial charge in [-0.2, -0.15) is 0 Å². The summed E-state index contributed by atoms with van der Waals surface area (Å²) < 4.78 is 0. The van der Waals surface area contributed by atoms with Gasteiger partial charge in [0.15, 0.2) is 0 Å². The van der Waals surface area contributed by atoms with Crippen LogP contribution in [0, 0.1) is 0 Å². The molecule has 2 N–H and O–H groups in total. The molecule has 1 atom stereocenters. The number of carbonyl (C=O) groups excluding carboxylic acids is 1. The Balaban J connectivity index is 0. The van der Waals surface area contributed by atoms with Crippen LogP contribution in [0.1, 0.15) is 23.6 Å². The van der Waals surface area contributed by atoms with Crippen LogP contribution in [-0.4, -0.2) is 11.9 Å². The maximum Gasteiger partial charge on any atom is 0.246 e. The van der Waals surface area contributed by atoms with Crippen LogP contribution in [-0.2, 0) is 4.79 Å². The zero-order chi connectivity index (χ0) is 11.3. The molecule has 0 aromatic rings. The minimum absolute atomic E-state index is 0. The summed E-state index contributed by atoms with van der Waals surface area (Å²) in [5.41, 5.74) is 4.69. The topological polar surface area (TPSA) is 41.1 Å². The highest BCUT2D eigenvalue weighted by Gasteiger charge is 2.22. The Kier molecular flexibility index (Phi) is 3.95. The SMILES string of the molecule is CC.CC1NC2=CC=C=CC=C2NC1=O.[HH].[HH]. The molecule has 0 aromatic heterocycles. The number of allylic oxidation sites excluding steroid dienone is 3. The van der Waals surface area contributed by atoms with Crippen molar-refractivity contribution in [3.05, 3.63) is 41.4 Å². The average Bonchev–Trinajstić information content (AvgIpc) is 2.47. The van der Waals surface area contributed by atoms with E-state index >= 15 is 0 Å². The molecule has 1 saturated heterocycles. The molecule has 1 aliphatic carbocycles. The third-order valence-corrected chi connectivity index (χ3v) is 2.01. The number of carbonyl (C=O) groups is 1. The van der Waals surface area contributed by atoms with Crippen molar-refractivity contribution in [2.45, 2.75) is 26.8 Å². The van der Waals surface area contributed by atoms with Crippen molar-refractivity contribution in [2.75, 3.05) is 0 Å². The molecule has 3 nitrogen and oxygen atoms in total. The molecule has 15 heavy (non-hydrogen) atoms. The van der Waals surface area contributed by atoms with Gasteiger partial charge < -0.3 is 10.6 Å². The van der Waals surface area contributed by atoms with Gasteiger partial charge in [0.05, 0.1) is 11.4 Å². The predicted octanol–water partition coefficient (Wildman–Crippen LogP) is 2.11. The van der Waals surface area contributed by atoms with Crippen LogP contribution in [0.5, 0.6) is 0 Å². The lowest BCUT2D eigenvalue weighted by Gasteiger charge is -2.25. The summed E-state index contributed by atoms with van der Waals surface area (Å²) in [5, 5.41) is 5.91.